The molecule has 0 spiro atoms. The second kappa shape index (κ2) is 37.7. The molecule has 0 unspecified atom stereocenters. The van der Waals surface area contributed by atoms with Gasteiger partial charge >= 0.3 is 0 Å². The molecule has 0 aliphatic heterocycles. The number of benzene rings is 24. The van der Waals surface area contributed by atoms with Gasteiger partial charge in [0, 0.05) is 101 Å². The minimum atomic E-state index is -0.317. The summed E-state index contributed by atoms with van der Waals surface area (Å²) in [4.78, 5) is 9.22. The van der Waals surface area contributed by atoms with E-state index in [1.54, 1.807) is 0 Å². The first kappa shape index (κ1) is 86.6. The SMILES string of the molecule is Fc1ccc(N(c2cc(-c3ccc4c(c3)c3ccccc3n4-c3ccccc3)cc(N(c3ccc(F)cc3)c3ccc4cc(-c5ccccc5)ccc4c3)c2)c2ccc3cc(-c4ccccc4)ccc3c2)cc1.c1ccc(-c2ccc3cc(N(c4ccccc4)c4cc(-c5ccc6c(c5)c5ccccc5n6-c5ccccc5)cc(N(c5ccccc5)c5ccc6cc(-c7ccccc7)ccc6c5)c4)ccc3c2)cc1. The van der Waals surface area contributed by atoms with E-state index in [0.717, 1.165) is 167 Å². The lowest BCUT2D eigenvalue weighted by molar-refractivity contribution is 0.627. The molecule has 6 nitrogen and oxygen atoms in total. The molecule has 0 atom stereocenters. The average Bonchev–Trinajstić information content (AvgIpc) is 1.58. The molecule has 0 amide bonds. The Bertz CT molecular complexity index is 8890. The van der Waals surface area contributed by atoms with Gasteiger partial charge in [0.1, 0.15) is 11.6 Å². The number of fused-ring (bicyclic) bond motifs is 10. The summed E-state index contributed by atoms with van der Waals surface area (Å²) in [6.07, 6.45) is 0. The Kier molecular flexibility index (Phi) is 22.7. The molecule has 24 aromatic carbocycles. The number of aromatic nitrogens is 2. The van der Waals surface area contributed by atoms with Crippen LogP contribution in [-0.4, -0.2) is 9.13 Å². The lowest BCUT2D eigenvalue weighted by Gasteiger charge is -2.30. The molecule has 680 valence electrons. The second-order valence-corrected chi connectivity index (χ2v) is 36.7. The van der Waals surface area contributed by atoms with E-state index in [1.165, 1.54) is 89.9 Å². The van der Waals surface area contributed by atoms with E-state index in [1.807, 2.05) is 42.5 Å². The van der Waals surface area contributed by atoms with Gasteiger partial charge in [0.05, 0.1) is 22.1 Å². The maximum atomic E-state index is 14.9. The smallest absolute Gasteiger partial charge is 0.123 e. The van der Waals surface area contributed by atoms with Crippen molar-refractivity contribution in [1.82, 2.24) is 9.13 Å². The summed E-state index contributed by atoms with van der Waals surface area (Å²) in [5.41, 5.74) is 32.0. The number of rotatable bonds is 20. The van der Waals surface area contributed by atoms with E-state index in [4.69, 9.17) is 0 Å². The van der Waals surface area contributed by atoms with Gasteiger partial charge < -0.3 is 28.7 Å². The van der Waals surface area contributed by atoms with Crippen LogP contribution in [0.1, 0.15) is 0 Å². The van der Waals surface area contributed by atoms with Gasteiger partial charge in [-0.2, -0.15) is 0 Å². The van der Waals surface area contributed by atoms with Crippen LogP contribution >= 0.6 is 0 Å². The Morgan fingerprint density at radius 3 is 0.632 bits per heavy atom. The van der Waals surface area contributed by atoms with Crippen LogP contribution in [0, 0.1) is 11.6 Å². The molecular weight excluding hydrogens is 1760 g/mol. The highest BCUT2D eigenvalue weighted by atomic mass is 19.1. The van der Waals surface area contributed by atoms with Gasteiger partial charge in [-0.05, 0) is 353 Å². The molecule has 0 saturated heterocycles. The molecule has 2 heterocycles. The van der Waals surface area contributed by atoms with E-state index >= 15 is 0 Å². The van der Waals surface area contributed by atoms with Gasteiger partial charge in [-0.1, -0.05) is 315 Å². The summed E-state index contributed by atoms with van der Waals surface area (Å²) in [5, 5.41) is 13.8. The van der Waals surface area contributed by atoms with Crippen molar-refractivity contribution in [3.05, 3.63) is 570 Å². The topological polar surface area (TPSA) is 22.8 Å². The van der Waals surface area contributed by atoms with Crippen molar-refractivity contribution in [3.63, 3.8) is 0 Å². The molecule has 0 N–H and O–H groups in total. The quantitative estimate of drug-likeness (QED) is 0.0758. The minimum Gasteiger partial charge on any atom is -0.310 e. The lowest BCUT2D eigenvalue weighted by atomic mass is 9.98. The number of nitrogens with zero attached hydrogens (tertiary/aromatic N) is 6. The fraction of sp³-hybridized carbons (Fsp3) is 0. The molecule has 144 heavy (non-hydrogen) atoms. The largest absolute Gasteiger partial charge is 0.310 e. The number of hydrogen-bond donors (Lipinski definition) is 0. The second-order valence-electron chi connectivity index (χ2n) is 36.7. The zero-order valence-electron chi connectivity index (χ0n) is 78.6. The predicted molar refractivity (Wildman–Crippen MR) is 603 cm³/mol. The normalized spacial score (nSPS) is 11.4. The Balaban J connectivity index is 0.000000151. The summed E-state index contributed by atoms with van der Waals surface area (Å²) in [5.74, 6) is -0.634. The molecule has 0 radical (unpaired) electrons. The van der Waals surface area contributed by atoms with Crippen molar-refractivity contribution < 1.29 is 8.78 Å². The van der Waals surface area contributed by atoms with Crippen LogP contribution in [0.15, 0.2) is 558 Å². The van der Waals surface area contributed by atoms with Crippen LogP contribution in [0.2, 0.25) is 0 Å². The van der Waals surface area contributed by atoms with Crippen molar-refractivity contribution in [2.45, 2.75) is 0 Å². The van der Waals surface area contributed by atoms with Crippen LogP contribution in [0.5, 0.6) is 0 Å². The van der Waals surface area contributed by atoms with Crippen LogP contribution in [-0.2, 0) is 0 Å². The van der Waals surface area contributed by atoms with Crippen molar-refractivity contribution in [1.29, 1.82) is 0 Å². The highest BCUT2D eigenvalue weighted by molar-refractivity contribution is 6.13. The highest BCUT2D eigenvalue weighted by Crippen LogP contribution is 2.50. The van der Waals surface area contributed by atoms with Gasteiger partial charge in [-0.3, -0.25) is 0 Å². The number of halogens is 2. The van der Waals surface area contributed by atoms with E-state index < -0.39 is 0 Å². The first-order chi connectivity index (χ1) is 71.1. The summed E-state index contributed by atoms with van der Waals surface area (Å²) in [6, 6.07) is 196. The standard InChI is InChI=1S/C68H45F2N3.C68H47N3/c69-56-27-33-59(34-28-56)71(61-31-24-50-38-48(20-22-52(50)40-61)46-12-4-1-5-13-46)63-42-55(54-26-37-68-66(44-54)65-18-10-11-19-67(65)73(68)58-16-8-3-9-17-58)43-64(45-63)72(60-35-29-57(70)30-36-60)62-32-25-51-39-49(21-23-53(51)41-62)47-14-6-2-7-15-47;1-6-18-48(19-7-1)50-30-32-54-42-61(37-34-52(54)40-50)69(58-22-10-3-11-23-58)63-44-57(56-36-39-68-66(46-56)65-28-16-17-29-67(65)71(68)60-26-14-5-15-27-60)45-64(47-63)70(59-24-12-4-13-25-59)62-38-35-53-41-51(31-33-55(53)43-62)49-20-8-2-9-21-49/h1-45H;1-47H. The first-order valence-corrected chi connectivity index (χ1v) is 48.8. The fourth-order valence-corrected chi connectivity index (χ4v) is 20.9. The highest BCUT2D eigenvalue weighted by Gasteiger charge is 2.27. The Hall–Kier alpha value is -19.0. The summed E-state index contributed by atoms with van der Waals surface area (Å²) in [6.45, 7) is 0. The van der Waals surface area contributed by atoms with E-state index in [9.17, 15) is 8.78 Å². The van der Waals surface area contributed by atoms with Crippen molar-refractivity contribution in [3.8, 4) is 78.1 Å². The summed E-state index contributed by atoms with van der Waals surface area (Å²) in [7, 11) is 0. The molecular formula is C136H92F2N6. The Labute approximate surface area is 834 Å². The summed E-state index contributed by atoms with van der Waals surface area (Å²) < 4.78 is 34.5. The number of hydrogen-bond acceptors (Lipinski definition) is 4. The van der Waals surface area contributed by atoms with Crippen molar-refractivity contribution in [2.24, 2.45) is 0 Å². The molecule has 0 aliphatic rings. The van der Waals surface area contributed by atoms with Gasteiger partial charge in [0.25, 0.3) is 0 Å². The van der Waals surface area contributed by atoms with Gasteiger partial charge in [-0.25, -0.2) is 8.78 Å². The van der Waals surface area contributed by atoms with Crippen LogP contribution in [0.4, 0.5) is 77.0 Å². The molecule has 0 aliphatic carbocycles. The van der Waals surface area contributed by atoms with E-state index in [0.29, 0.717) is 0 Å². The Morgan fingerprint density at radius 2 is 0.340 bits per heavy atom. The number of para-hydroxylation sites is 6. The maximum absolute atomic E-state index is 14.9. The fourth-order valence-electron chi connectivity index (χ4n) is 20.9. The van der Waals surface area contributed by atoms with Gasteiger partial charge in [-0.15, -0.1) is 0 Å². The minimum absolute atomic E-state index is 0.317. The summed E-state index contributed by atoms with van der Waals surface area (Å²) >= 11 is 0. The molecule has 0 fully saturated rings. The number of anilines is 12. The zero-order valence-corrected chi connectivity index (χ0v) is 78.6. The third-order valence-corrected chi connectivity index (χ3v) is 27.8. The van der Waals surface area contributed by atoms with Crippen molar-refractivity contribution >= 4 is 155 Å². The average molecular weight is 1850 g/mol. The van der Waals surface area contributed by atoms with E-state index in [-0.39, 0.29) is 11.6 Å². The third kappa shape index (κ3) is 16.9. The van der Waals surface area contributed by atoms with Gasteiger partial charge in [0.15, 0.2) is 0 Å². The Morgan fingerprint density at radius 1 is 0.125 bits per heavy atom. The molecule has 0 bridgehead atoms. The molecule has 26 aromatic rings. The van der Waals surface area contributed by atoms with Crippen molar-refractivity contribution in [2.75, 3.05) is 19.6 Å². The maximum Gasteiger partial charge on any atom is 0.123 e. The molecule has 8 heteroatoms. The lowest BCUT2D eigenvalue weighted by Crippen LogP contribution is -2.14. The monoisotopic (exact) mass is 1850 g/mol. The van der Waals surface area contributed by atoms with Gasteiger partial charge in [0.2, 0.25) is 0 Å². The van der Waals surface area contributed by atoms with Crippen LogP contribution < -0.4 is 19.6 Å². The molecule has 26 rings (SSSR count). The van der Waals surface area contributed by atoms with Crippen LogP contribution in [0.25, 0.3) is 165 Å². The predicted octanol–water partition coefficient (Wildman–Crippen LogP) is 38.3. The molecule has 2 aromatic heterocycles. The third-order valence-electron chi connectivity index (χ3n) is 27.8. The first-order valence-electron chi connectivity index (χ1n) is 48.8. The molecule has 0 saturated carbocycles. The van der Waals surface area contributed by atoms with E-state index in [2.05, 4.69) is 520 Å². The zero-order chi connectivity index (χ0) is 95.9. The van der Waals surface area contributed by atoms with Crippen LogP contribution in [0.3, 0.4) is 0 Å².